The summed E-state index contributed by atoms with van der Waals surface area (Å²) < 4.78 is 75.9. The van der Waals surface area contributed by atoms with E-state index in [4.69, 9.17) is 23.6 Å². The van der Waals surface area contributed by atoms with E-state index < -0.39 is 42.2 Å². The van der Waals surface area contributed by atoms with E-state index in [1.54, 1.807) is 7.11 Å². The van der Waals surface area contributed by atoms with Gasteiger partial charge in [0.1, 0.15) is 22.0 Å². The third-order valence-corrected chi connectivity index (χ3v) is 9.53. The molecule has 0 spiro atoms. The molecule has 6 rings (SSSR count). The monoisotopic (exact) mass is 655 g/mol. The minimum Gasteiger partial charge on any atom is -0.388 e. The van der Waals surface area contributed by atoms with Crippen molar-refractivity contribution in [2.45, 2.75) is 41.9 Å². The first-order chi connectivity index (χ1) is 21.3. The molecule has 0 aliphatic carbocycles. The van der Waals surface area contributed by atoms with E-state index in [9.17, 15) is 21.9 Å². The molecule has 0 radical (unpaired) electrons. The third-order valence-electron chi connectivity index (χ3n) is 7.70. The van der Waals surface area contributed by atoms with Gasteiger partial charge >= 0.3 is 0 Å². The van der Waals surface area contributed by atoms with E-state index in [1.807, 2.05) is 49.5 Å². The molecule has 3 heterocycles. The Morgan fingerprint density at radius 1 is 0.844 bits per heavy atom. The summed E-state index contributed by atoms with van der Waals surface area (Å²) in [6, 6.07) is 19.2. The zero-order valence-corrected chi connectivity index (χ0v) is 26.3. The van der Waals surface area contributed by atoms with Crippen LogP contribution in [0.5, 0.6) is 0 Å². The molecule has 12 nitrogen and oxygen atoms in total. The van der Waals surface area contributed by atoms with Gasteiger partial charge in [-0.3, -0.25) is 9.11 Å². The molecular weight excluding hydrogens is 622 g/mol. The first kappa shape index (κ1) is 32.5. The smallest absolute Gasteiger partial charge is 0.295 e. The average molecular weight is 656 g/mol. The zero-order chi connectivity index (χ0) is 32.5. The first-order valence-electron chi connectivity index (χ1n) is 13.9. The molecule has 1 aliphatic heterocycles. The number of benzene rings is 3. The summed E-state index contributed by atoms with van der Waals surface area (Å²) in [7, 11) is -7.29. The molecule has 1 aliphatic rings. The number of nitrogens with zero attached hydrogens (tertiary/aromatic N) is 2. The van der Waals surface area contributed by atoms with E-state index in [0.717, 1.165) is 46.0 Å². The lowest BCUT2D eigenvalue weighted by molar-refractivity contribution is -0.0633. The molecule has 3 atom stereocenters. The minimum atomic E-state index is -4.47. The number of fused-ring (bicyclic) bond motifs is 4. The topological polar surface area (TPSA) is 177 Å². The van der Waals surface area contributed by atoms with Gasteiger partial charge in [-0.1, -0.05) is 54.6 Å². The Balaban J connectivity index is 0.000000194. The van der Waals surface area contributed by atoms with Crippen molar-refractivity contribution in [1.29, 1.82) is 0 Å². The van der Waals surface area contributed by atoms with Gasteiger partial charge < -0.3 is 24.3 Å². The van der Waals surface area contributed by atoms with E-state index in [2.05, 4.69) is 16.6 Å². The normalized spacial score (nSPS) is 18.2. The number of aromatic nitrogens is 2. The fourth-order valence-corrected chi connectivity index (χ4v) is 6.84. The maximum atomic E-state index is 11.2. The Morgan fingerprint density at radius 2 is 1.44 bits per heavy atom. The molecular formula is C31H33N3O9S2. The minimum absolute atomic E-state index is 0.0233. The van der Waals surface area contributed by atoms with Crippen LogP contribution >= 0.6 is 0 Å². The van der Waals surface area contributed by atoms with Crippen molar-refractivity contribution in [3.05, 3.63) is 102 Å². The number of methoxy groups -OCH3 is 1. The number of aliphatic hydroxyl groups excluding tert-OH is 1. The summed E-state index contributed by atoms with van der Waals surface area (Å²) in [5.41, 5.74) is 5.80. The van der Waals surface area contributed by atoms with Crippen molar-refractivity contribution in [2.24, 2.45) is 0 Å². The van der Waals surface area contributed by atoms with Crippen LogP contribution in [0.3, 0.4) is 0 Å². The molecule has 45 heavy (non-hydrogen) atoms. The molecule has 0 amide bonds. The number of hydrogen-bond donors (Lipinski definition) is 4. The molecule has 0 bridgehead atoms. The average Bonchev–Trinajstić information content (AvgIpc) is 3.30. The Bertz CT molecular complexity index is 1990. The summed E-state index contributed by atoms with van der Waals surface area (Å²) in [6.45, 7) is 4.96. The van der Waals surface area contributed by atoms with E-state index >= 15 is 0 Å². The van der Waals surface area contributed by atoms with Crippen molar-refractivity contribution in [3.63, 3.8) is 0 Å². The van der Waals surface area contributed by atoms with Gasteiger partial charge in [0.2, 0.25) is 0 Å². The SMILES string of the molecule is COCCO[C@@H]1c2ccn3c(C)c(C)nc3c2N[C@H](c2ccccc2)[C@H]1O.O=S(=O)(O)c1cccc2c(S(=O)(=O)O)cccc12. The van der Waals surface area contributed by atoms with Gasteiger partial charge in [-0.2, -0.15) is 16.8 Å². The summed E-state index contributed by atoms with van der Waals surface area (Å²) in [6.07, 6.45) is 0.813. The fraction of sp³-hybridized carbons (Fsp3) is 0.258. The van der Waals surface area contributed by atoms with Crippen LogP contribution in [0.2, 0.25) is 0 Å². The number of anilines is 1. The van der Waals surface area contributed by atoms with Crippen LogP contribution in [-0.2, 0) is 29.7 Å². The second kappa shape index (κ2) is 12.8. The molecule has 3 aromatic carbocycles. The van der Waals surface area contributed by atoms with Crippen molar-refractivity contribution < 1.29 is 40.5 Å². The number of nitrogens with one attached hydrogen (secondary N) is 1. The van der Waals surface area contributed by atoms with Gasteiger partial charge in [-0.15, -0.1) is 0 Å². The Labute approximate surface area is 260 Å². The number of rotatable bonds is 7. The van der Waals surface area contributed by atoms with E-state index in [1.165, 1.54) is 24.3 Å². The lowest BCUT2D eigenvalue weighted by Crippen LogP contribution is -2.38. The number of imidazole rings is 1. The van der Waals surface area contributed by atoms with Crippen molar-refractivity contribution in [3.8, 4) is 0 Å². The van der Waals surface area contributed by atoms with Crippen LogP contribution in [0, 0.1) is 13.8 Å². The second-order valence-corrected chi connectivity index (χ2v) is 13.3. The number of aliphatic hydroxyl groups is 1. The van der Waals surface area contributed by atoms with Crippen LogP contribution in [-0.4, -0.2) is 66.9 Å². The molecule has 0 fully saturated rings. The molecule has 2 aromatic heterocycles. The summed E-state index contributed by atoms with van der Waals surface area (Å²) in [5.74, 6) is 0. The van der Waals surface area contributed by atoms with Gasteiger partial charge in [-0.25, -0.2) is 4.98 Å². The number of pyridine rings is 1. The Morgan fingerprint density at radius 3 is 2.00 bits per heavy atom. The first-order valence-corrected chi connectivity index (χ1v) is 16.8. The maximum absolute atomic E-state index is 11.2. The summed E-state index contributed by atoms with van der Waals surface area (Å²) >= 11 is 0. The van der Waals surface area contributed by atoms with Crippen molar-refractivity contribution in [1.82, 2.24) is 9.38 Å². The molecule has 238 valence electrons. The van der Waals surface area contributed by atoms with E-state index in [0.29, 0.717) is 13.2 Å². The Kier molecular flexibility index (Phi) is 9.28. The standard InChI is InChI=1S/C21H25N3O3.C10H8O6S2/c1-13-14(2)24-10-9-16-18(21(24)22-13)23-17(15-7-5-4-6-8-15)19(25)20(16)27-12-11-26-3;11-17(12,13)9-5-1-3-7-8(9)4-2-6-10(7)18(14,15)16/h4-10,17,19-20,23,25H,11-12H2,1-3H3;1-6H,(H,11,12,13)(H,14,15,16)/t17-,19-,20-;/m1./s1. The van der Waals surface area contributed by atoms with Crippen LogP contribution in [0.15, 0.2) is 88.8 Å². The predicted octanol–water partition coefficient (Wildman–Crippen LogP) is 4.52. The highest BCUT2D eigenvalue weighted by atomic mass is 32.2. The molecule has 0 unspecified atom stereocenters. The van der Waals surface area contributed by atoms with Crippen LogP contribution < -0.4 is 5.32 Å². The lowest BCUT2D eigenvalue weighted by atomic mass is 9.89. The molecule has 0 saturated heterocycles. The van der Waals surface area contributed by atoms with Crippen LogP contribution in [0.1, 0.15) is 34.7 Å². The van der Waals surface area contributed by atoms with Gasteiger partial charge in [0, 0.05) is 35.3 Å². The molecule has 14 heteroatoms. The molecule has 5 aromatic rings. The highest BCUT2D eigenvalue weighted by Crippen LogP contribution is 2.43. The van der Waals surface area contributed by atoms with Crippen LogP contribution in [0.4, 0.5) is 5.69 Å². The highest BCUT2D eigenvalue weighted by molar-refractivity contribution is 7.86. The quantitative estimate of drug-likeness (QED) is 0.143. The predicted molar refractivity (Wildman–Crippen MR) is 168 cm³/mol. The number of ether oxygens (including phenoxy) is 2. The summed E-state index contributed by atoms with van der Waals surface area (Å²) in [4.78, 5) is 3.93. The molecule has 4 N–H and O–H groups in total. The summed E-state index contributed by atoms with van der Waals surface area (Å²) in [5, 5.41) is 14.7. The van der Waals surface area contributed by atoms with Crippen LogP contribution in [0.25, 0.3) is 16.4 Å². The fourth-order valence-electron chi connectivity index (χ4n) is 5.43. The second-order valence-electron chi connectivity index (χ2n) is 10.5. The van der Waals surface area contributed by atoms with E-state index in [-0.39, 0.29) is 16.8 Å². The molecule has 0 saturated carbocycles. The number of hydrogen-bond acceptors (Lipinski definition) is 9. The number of aryl methyl sites for hydroxylation is 2. The maximum Gasteiger partial charge on any atom is 0.295 e. The third kappa shape index (κ3) is 6.58. The largest absolute Gasteiger partial charge is 0.388 e. The highest BCUT2D eigenvalue weighted by Gasteiger charge is 2.38. The Hall–Kier alpha value is -3.89. The van der Waals surface area contributed by atoms with Gasteiger partial charge in [0.25, 0.3) is 20.2 Å². The van der Waals surface area contributed by atoms with Gasteiger partial charge in [0.15, 0.2) is 5.65 Å². The van der Waals surface area contributed by atoms with Crippen molar-refractivity contribution in [2.75, 3.05) is 25.6 Å². The van der Waals surface area contributed by atoms with Crippen molar-refractivity contribution >= 4 is 42.3 Å². The lowest BCUT2D eigenvalue weighted by Gasteiger charge is -2.38. The van der Waals surface area contributed by atoms with Gasteiger partial charge in [-0.05, 0) is 37.6 Å². The zero-order valence-electron chi connectivity index (χ0n) is 24.7. The van der Waals surface area contributed by atoms with Gasteiger partial charge in [0.05, 0.1) is 30.6 Å².